The Morgan fingerprint density at radius 3 is 2.60 bits per heavy atom. The van der Waals surface area contributed by atoms with Gasteiger partial charge in [-0.25, -0.2) is 9.18 Å². The lowest BCUT2D eigenvalue weighted by molar-refractivity contribution is -0.0521. The highest BCUT2D eigenvalue weighted by atomic mass is 19.3. The minimum absolute atomic E-state index is 0.140. The third-order valence-electron chi connectivity index (χ3n) is 3.10. The summed E-state index contributed by atoms with van der Waals surface area (Å²) in [6.07, 6.45) is 4.03. The summed E-state index contributed by atoms with van der Waals surface area (Å²) in [7, 11) is 0. The van der Waals surface area contributed by atoms with Crippen LogP contribution in [0.5, 0.6) is 5.75 Å². The number of urea groups is 1. The normalized spacial score (nSPS) is 15.4. The Morgan fingerprint density at radius 2 is 2.00 bits per heavy atom. The average molecular weight is 288 g/mol. The standard InChI is InChI=1S/C13H15F3N2O2/c14-10-7-9(5-6-11(10)20-12(15)16)18-13(19)17-8-3-1-2-4-8/h5-8,12H,1-4H2,(H2,17,18,19). The molecular weight excluding hydrogens is 273 g/mol. The lowest BCUT2D eigenvalue weighted by Crippen LogP contribution is -2.36. The van der Waals surface area contributed by atoms with Crippen molar-refractivity contribution < 1.29 is 22.7 Å². The molecule has 2 N–H and O–H groups in total. The van der Waals surface area contributed by atoms with Gasteiger partial charge in [-0.1, -0.05) is 12.8 Å². The number of halogens is 3. The van der Waals surface area contributed by atoms with Crippen LogP contribution in [0, 0.1) is 5.82 Å². The van der Waals surface area contributed by atoms with Crippen molar-refractivity contribution >= 4 is 11.7 Å². The fourth-order valence-corrected chi connectivity index (χ4v) is 2.19. The third kappa shape index (κ3) is 4.04. The summed E-state index contributed by atoms with van der Waals surface area (Å²) >= 11 is 0. The SMILES string of the molecule is O=C(Nc1ccc(OC(F)F)c(F)c1)NC1CCCC1. The van der Waals surface area contributed by atoms with Crippen LogP contribution in [0.1, 0.15) is 25.7 Å². The van der Waals surface area contributed by atoms with Gasteiger partial charge in [0.05, 0.1) is 0 Å². The Labute approximate surface area is 114 Å². The Balaban J connectivity index is 1.92. The molecule has 0 saturated heterocycles. The van der Waals surface area contributed by atoms with Crippen LogP contribution < -0.4 is 15.4 Å². The maximum atomic E-state index is 13.4. The fourth-order valence-electron chi connectivity index (χ4n) is 2.19. The zero-order chi connectivity index (χ0) is 14.5. The highest BCUT2D eigenvalue weighted by Crippen LogP contribution is 2.23. The smallest absolute Gasteiger partial charge is 0.387 e. The maximum Gasteiger partial charge on any atom is 0.387 e. The number of rotatable bonds is 4. The van der Waals surface area contributed by atoms with E-state index in [1.807, 2.05) is 0 Å². The van der Waals surface area contributed by atoms with E-state index in [0.717, 1.165) is 37.8 Å². The molecule has 1 aliphatic carbocycles. The predicted octanol–water partition coefficient (Wildman–Crippen LogP) is 3.49. The van der Waals surface area contributed by atoms with Crippen LogP contribution in [-0.2, 0) is 0 Å². The van der Waals surface area contributed by atoms with Crippen molar-refractivity contribution in [3.63, 3.8) is 0 Å². The molecule has 4 nitrogen and oxygen atoms in total. The summed E-state index contributed by atoms with van der Waals surface area (Å²) in [5, 5.41) is 5.23. The highest BCUT2D eigenvalue weighted by Gasteiger charge is 2.17. The van der Waals surface area contributed by atoms with Crippen LogP contribution in [0.3, 0.4) is 0 Å². The van der Waals surface area contributed by atoms with Gasteiger partial charge in [-0.2, -0.15) is 8.78 Å². The number of hydrogen-bond donors (Lipinski definition) is 2. The van der Waals surface area contributed by atoms with Crippen LogP contribution >= 0.6 is 0 Å². The van der Waals surface area contributed by atoms with Crippen molar-refractivity contribution in [2.24, 2.45) is 0 Å². The molecule has 0 unspecified atom stereocenters. The van der Waals surface area contributed by atoms with E-state index in [1.165, 1.54) is 6.07 Å². The van der Waals surface area contributed by atoms with Crippen LogP contribution in [0.15, 0.2) is 18.2 Å². The van der Waals surface area contributed by atoms with E-state index in [1.54, 1.807) is 0 Å². The molecule has 1 aromatic rings. The lowest BCUT2D eigenvalue weighted by atomic mass is 10.2. The molecule has 0 heterocycles. The topological polar surface area (TPSA) is 50.4 Å². The van der Waals surface area contributed by atoms with E-state index in [4.69, 9.17) is 0 Å². The highest BCUT2D eigenvalue weighted by molar-refractivity contribution is 5.89. The van der Waals surface area contributed by atoms with Gasteiger partial charge in [0.15, 0.2) is 11.6 Å². The van der Waals surface area contributed by atoms with Gasteiger partial charge in [0.25, 0.3) is 0 Å². The Hall–Kier alpha value is -1.92. The molecular formula is C13H15F3N2O2. The largest absolute Gasteiger partial charge is 0.432 e. The number of alkyl halides is 2. The van der Waals surface area contributed by atoms with Crippen LogP contribution in [0.4, 0.5) is 23.7 Å². The number of hydrogen-bond acceptors (Lipinski definition) is 2. The van der Waals surface area contributed by atoms with Crippen molar-refractivity contribution in [1.29, 1.82) is 0 Å². The molecule has 0 radical (unpaired) electrons. The Kier molecular flexibility index (Phi) is 4.70. The Bertz CT molecular complexity index is 477. The number of amides is 2. The quantitative estimate of drug-likeness (QED) is 0.891. The molecule has 20 heavy (non-hydrogen) atoms. The molecule has 0 spiro atoms. The molecule has 0 bridgehead atoms. The molecule has 110 valence electrons. The molecule has 1 fully saturated rings. The van der Waals surface area contributed by atoms with Crippen molar-refractivity contribution in [3.8, 4) is 5.75 Å². The van der Waals surface area contributed by atoms with Crippen molar-refractivity contribution in [1.82, 2.24) is 5.32 Å². The number of carbonyl (C=O) groups excluding carboxylic acids is 1. The van der Waals surface area contributed by atoms with Crippen LogP contribution in [0.25, 0.3) is 0 Å². The van der Waals surface area contributed by atoms with Gasteiger partial charge in [0, 0.05) is 17.8 Å². The second-order valence-corrected chi connectivity index (χ2v) is 4.60. The number of carbonyl (C=O) groups is 1. The minimum atomic E-state index is -3.09. The summed E-state index contributed by atoms with van der Waals surface area (Å²) < 4.78 is 41.4. The summed E-state index contributed by atoms with van der Waals surface area (Å²) in [6.45, 7) is -3.09. The van der Waals surface area contributed by atoms with E-state index in [9.17, 15) is 18.0 Å². The summed E-state index contributed by atoms with van der Waals surface area (Å²) in [5.74, 6) is -1.51. The number of ether oxygens (including phenoxy) is 1. The van der Waals surface area contributed by atoms with Gasteiger partial charge in [-0.15, -0.1) is 0 Å². The maximum absolute atomic E-state index is 13.4. The third-order valence-corrected chi connectivity index (χ3v) is 3.10. The van der Waals surface area contributed by atoms with Crippen LogP contribution in [-0.4, -0.2) is 18.7 Å². The van der Waals surface area contributed by atoms with E-state index < -0.39 is 24.2 Å². The molecule has 1 aromatic carbocycles. The first-order valence-electron chi connectivity index (χ1n) is 6.36. The molecule has 7 heteroatoms. The molecule has 0 aliphatic heterocycles. The number of benzene rings is 1. The zero-order valence-corrected chi connectivity index (χ0v) is 10.7. The summed E-state index contributed by atoms with van der Waals surface area (Å²) in [6, 6.07) is 2.99. The zero-order valence-electron chi connectivity index (χ0n) is 10.7. The molecule has 0 atom stereocenters. The van der Waals surface area contributed by atoms with Gasteiger partial charge in [-0.3, -0.25) is 0 Å². The predicted molar refractivity (Wildman–Crippen MR) is 67.4 cm³/mol. The van der Waals surface area contributed by atoms with E-state index in [2.05, 4.69) is 15.4 Å². The number of nitrogens with one attached hydrogen (secondary N) is 2. The Morgan fingerprint density at radius 1 is 1.30 bits per heavy atom. The van der Waals surface area contributed by atoms with Gasteiger partial charge >= 0.3 is 12.6 Å². The molecule has 1 aliphatic rings. The van der Waals surface area contributed by atoms with Crippen LogP contribution in [0.2, 0.25) is 0 Å². The first-order valence-corrected chi connectivity index (χ1v) is 6.36. The van der Waals surface area contributed by atoms with Gasteiger partial charge in [0.2, 0.25) is 0 Å². The summed E-state index contributed by atoms with van der Waals surface area (Å²) in [5.41, 5.74) is 0.180. The van der Waals surface area contributed by atoms with Crippen molar-refractivity contribution in [2.75, 3.05) is 5.32 Å². The second-order valence-electron chi connectivity index (χ2n) is 4.60. The second kappa shape index (κ2) is 6.49. The van der Waals surface area contributed by atoms with Crippen molar-refractivity contribution in [3.05, 3.63) is 24.0 Å². The monoisotopic (exact) mass is 288 g/mol. The molecule has 2 rings (SSSR count). The molecule has 1 saturated carbocycles. The average Bonchev–Trinajstić information content (AvgIpc) is 2.85. The summed E-state index contributed by atoms with van der Waals surface area (Å²) in [4.78, 5) is 11.6. The van der Waals surface area contributed by atoms with Crippen molar-refractivity contribution in [2.45, 2.75) is 38.3 Å². The lowest BCUT2D eigenvalue weighted by Gasteiger charge is -2.13. The first kappa shape index (κ1) is 14.5. The van der Waals surface area contributed by atoms with E-state index >= 15 is 0 Å². The minimum Gasteiger partial charge on any atom is -0.432 e. The molecule has 0 aromatic heterocycles. The van der Waals surface area contributed by atoms with Gasteiger partial charge in [0.1, 0.15) is 0 Å². The fraction of sp³-hybridized carbons (Fsp3) is 0.462. The van der Waals surface area contributed by atoms with Gasteiger partial charge in [-0.05, 0) is 25.0 Å². The van der Waals surface area contributed by atoms with E-state index in [-0.39, 0.29) is 11.7 Å². The van der Waals surface area contributed by atoms with Gasteiger partial charge < -0.3 is 15.4 Å². The number of anilines is 1. The molecule has 2 amide bonds. The first-order chi connectivity index (χ1) is 9.54. The van der Waals surface area contributed by atoms with E-state index in [0.29, 0.717) is 0 Å².